The molecule has 3 rings (SSSR count). The number of ketones is 1. The smallest absolute Gasteiger partial charge is 0.338 e. The van der Waals surface area contributed by atoms with Crippen molar-refractivity contribution >= 4 is 35.3 Å². The van der Waals surface area contributed by atoms with Crippen LogP contribution in [0.5, 0.6) is 0 Å². The Bertz CT molecular complexity index is 805. The standard InChI is InChI=1S/C20H23NO3S2/c1-13-11-17(14(2)21(13)3)18(22)12-24-19(23)15-5-7-16(8-6-15)20-25-9-4-10-26-20/h5-8,11,20H,4,9-10,12H2,1-3H3. The van der Waals surface area contributed by atoms with Gasteiger partial charge in [-0.1, -0.05) is 12.1 Å². The van der Waals surface area contributed by atoms with Crippen LogP contribution in [0.4, 0.5) is 0 Å². The van der Waals surface area contributed by atoms with Crippen molar-refractivity contribution in [2.75, 3.05) is 18.1 Å². The Morgan fingerprint density at radius 2 is 1.81 bits per heavy atom. The van der Waals surface area contributed by atoms with Crippen molar-refractivity contribution in [1.82, 2.24) is 4.57 Å². The maximum atomic E-state index is 12.3. The quantitative estimate of drug-likeness (QED) is 0.555. The molecule has 0 amide bonds. The van der Waals surface area contributed by atoms with Crippen LogP contribution in [-0.2, 0) is 11.8 Å². The van der Waals surface area contributed by atoms with Gasteiger partial charge in [0.1, 0.15) is 0 Å². The highest BCUT2D eigenvalue weighted by atomic mass is 32.2. The number of hydrogen-bond acceptors (Lipinski definition) is 5. The summed E-state index contributed by atoms with van der Waals surface area (Å²) in [6.07, 6.45) is 1.25. The van der Waals surface area contributed by atoms with Gasteiger partial charge in [-0.25, -0.2) is 4.79 Å². The average Bonchev–Trinajstić information content (AvgIpc) is 2.94. The van der Waals surface area contributed by atoms with Crippen LogP contribution in [0, 0.1) is 13.8 Å². The van der Waals surface area contributed by atoms with E-state index < -0.39 is 5.97 Å². The Balaban J connectivity index is 1.59. The van der Waals surface area contributed by atoms with Gasteiger partial charge >= 0.3 is 5.97 Å². The van der Waals surface area contributed by atoms with E-state index in [2.05, 4.69) is 0 Å². The summed E-state index contributed by atoms with van der Waals surface area (Å²) in [4.78, 5) is 24.6. The van der Waals surface area contributed by atoms with Crippen LogP contribution < -0.4 is 0 Å². The molecule has 1 aromatic heterocycles. The first-order valence-electron chi connectivity index (χ1n) is 8.64. The number of ether oxygens (including phenoxy) is 1. The van der Waals surface area contributed by atoms with E-state index in [0.717, 1.165) is 11.4 Å². The minimum atomic E-state index is -0.459. The number of rotatable bonds is 5. The first-order chi connectivity index (χ1) is 12.5. The fraction of sp³-hybridized carbons (Fsp3) is 0.400. The van der Waals surface area contributed by atoms with Crippen LogP contribution in [0.25, 0.3) is 0 Å². The van der Waals surface area contributed by atoms with Gasteiger partial charge in [0, 0.05) is 24.0 Å². The van der Waals surface area contributed by atoms with Crippen molar-refractivity contribution in [1.29, 1.82) is 0 Å². The van der Waals surface area contributed by atoms with Gasteiger partial charge in [0.05, 0.1) is 10.1 Å². The number of esters is 1. The normalized spacial score (nSPS) is 15.0. The second-order valence-corrected chi connectivity index (χ2v) is 9.12. The van der Waals surface area contributed by atoms with Gasteiger partial charge in [0.15, 0.2) is 6.61 Å². The van der Waals surface area contributed by atoms with Crippen LogP contribution in [0.15, 0.2) is 30.3 Å². The summed E-state index contributed by atoms with van der Waals surface area (Å²) in [6.45, 7) is 3.60. The molecule has 6 heteroatoms. The lowest BCUT2D eigenvalue weighted by Crippen LogP contribution is -2.15. The van der Waals surface area contributed by atoms with Gasteiger partial charge in [-0.05, 0) is 55.5 Å². The molecule has 1 aliphatic heterocycles. The van der Waals surface area contributed by atoms with Gasteiger partial charge in [-0.15, -0.1) is 23.5 Å². The molecule has 2 heterocycles. The first-order valence-corrected chi connectivity index (χ1v) is 10.7. The topological polar surface area (TPSA) is 48.3 Å². The van der Waals surface area contributed by atoms with Gasteiger partial charge in [-0.2, -0.15) is 0 Å². The molecule has 0 N–H and O–H groups in total. The predicted octanol–water partition coefficient (Wildman–Crippen LogP) is 4.55. The first kappa shape index (κ1) is 19.1. The van der Waals surface area contributed by atoms with E-state index >= 15 is 0 Å². The van der Waals surface area contributed by atoms with E-state index in [1.54, 1.807) is 12.1 Å². The minimum Gasteiger partial charge on any atom is -0.454 e. The van der Waals surface area contributed by atoms with Crippen LogP contribution in [-0.4, -0.2) is 34.4 Å². The third kappa shape index (κ3) is 4.18. The van der Waals surface area contributed by atoms with E-state index in [0.29, 0.717) is 15.7 Å². The number of aryl methyl sites for hydroxylation is 1. The lowest BCUT2D eigenvalue weighted by atomic mass is 10.1. The highest BCUT2D eigenvalue weighted by molar-refractivity contribution is 8.16. The molecule has 138 valence electrons. The summed E-state index contributed by atoms with van der Waals surface area (Å²) in [5.74, 6) is 1.73. The van der Waals surface area contributed by atoms with Gasteiger partial charge in [0.25, 0.3) is 0 Å². The molecule has 26 heavy (non-hydrogen) atoms. The molecule has 0 unspecified atom stereocenters. The third-order valence-corrected chi connectivity index (χ3v) is 7.67. The van der Waals surface area contributed by atoms with Crippen molar-refractivity contribution in [3.63, 3.8) is 0 Å². The Kier molecular flexibility index (Phi) is 6.14. The number of nitrogens with zero attached hydrogens (tertiary/aromatic N) is 1. The van der Waals surface area contributed by atoms with Crippen LogP contribution in [0.2, 0.25) is 0 Å². The molecular weight excluding hydrogens is 366 g/mol. The number of carbonyl (C=O) groups is 2. The van der Waals surface area contributed by atoms with Crippen LogP contribution in [0.3, 0.4) is 0 Å². The molecule has 0 saturated carbocycles. The number of carbonyl (C=O) groups excluding carboxylic acids is 2. The lowest BCUT2D eigenvalue weighted by molar-refractivity contribution is 0.0474. The molecular formula is C20H23NO3S2. The number of benzene rings is 1. The van der Waals surface area contributed by atoms with Crippen LogP contribution >= 0.6 is 23.5 Å². The number of aromatic nitrogens is 1. The van der Waals surface area contributed by atoms with Crippen molar-refractivity contribution < 1.29 is 14.3 Å². The molecule has 1 fully saturated rings. The zero-order valence-electron chi connectivity index (χ0n) is 15.3. The summed E-state index contributed by atoms with van der Waals surface area (Å²) in [7, 11) is 1.91. The summed E-state index contributed by atoms with van der Waals surface area (Å²) < 4.78 is 7.62. The second kappa shape index (κ2) is 8.35. The van der Waals surface area contributed by atoms with Gasteiger partial charge < -0.3 is 9.30 Å². The maximum absolute atomic E-state index is 12.3. The molecule has 1 aliphatic rings. The Labute approximate surface area is 162 Å². The van der Waals surface area contributed by atoms with E-state index in [4.69, 9.17) is 4.74 Å². The molecule has 4 nitrogen and oxygen atoms in total. The fourth-order valence-corrected chi connectivity index (χ4v) is 5.78. The second-order valence-electron chi connectivity index (χ2n) is 6.39. The summed E-state index contributed by atoms with van der Waals surface area (Å²) in [5, 5.41) is 0. The molecule has 2 aromatic rings. The SMILES string of the molecule is Cc1cc(C(=O)COC(=O)c2ccc(C3SCCCS3)cc2)c(C)n1C. The molecule has 0 radical (unpaired) electrons. The molecule has 0 aliphatic carbocycles. The molecule has 0 atom stereocenters. The van der Waals surface area contributed by atoms with Gasteiger partial charge in [0.2, 0.25) is 5.78 Å². The zero-order valence-corrected chi connectivity index (χ0v) is 16.9. The molecule has 0 bridgehead atoms. The van der Waals surface area contributed by atoms with Gasteiger partial charge in [-0.3, -0.25) is 4.79 Å². The average molecular weight is 390 g/mol. The number of Topliss-reactive ketones (excluding diaryl/α,β-unsaturated/α-hetero) is 1. The van der Waals surface area contributed by atoms with Crippen molar-refractivity contribution in [2.45, 2.75) is 24.9 Å². The van der Waals surface area contributed by atoms with E-state index in [9.17, 15) is 9.59 Å². The van der Waals surface area contributed by atoms with Crippen molar-refractivity contribution in [2.24, 2.45) is 7.05 Å². The monoisotopic (exact) mass is 389 g/mol. The molecule has 0 spiro atoms. The van der Waals surface area contributed by atoms with E-state index in [1.165, 1.54) is 23.5 Å². The molecule has 1 saturated heterocycles. The zero-order chi connectivity index (χ0) is 18.7. The minimum absolute atomic E-state index is 0.175. The summed E-state index contributed by atoms with van der Waals surface area (Å²) >= 11 is 3.89. The van der Waals surface area contributed by atoms with Crippen molar-refractivity contribution in [3.05, 3.63) is 58.4 Å². The summed E-state index contributed by atoms with van der Waals surface area (Å²) in [5.41, 5.74) is 4.21. The highest BCUT2D eigenvalue weighted by Crippen LogP contribution is 2.43. The largest absolute Gasteiger partial charge is 0.454 e. The Hall–Kier alpha value is -1.66. The lowest BCUT2D eigenvalue weighted by Gasteiger charge is -2.21. The molecule has 1 aromatic carbocycles. The van der Waals surface area contributed by atoms with Crippen LogP contribution in [0.1, 0.15) is 48.7 Å². The maximum Gasteiger partial charge on any atom is 0.338 e. The number of thioether (sulfide) groups is 2. The predicted molar refractivity (Wildman–Crippen MR) is 108 cm³/mol. The third-order valence-electron chi connectivity index (χ3n) is 4.66. The van der Waals surface area contributed by atoms with E-state index in [-0.39, 0.29) is 12.4 Å². The summed E-state index contributed by atoms with van der Waals surface area (Å²) in [6, 6.07) is 9.38. The number of hydrogen-bond donors (Lipinski definition) is 0. The fourth-order valence-electron chi connectivity index (χ4n) is 2.89. The Morgan fingerprint density at radius 3 is 2.38 bits per heavy atom. The van der Waals surface area contributed by atoms with E-state index in [1.807, 2.05) is 67.2 Å². The Morgan fingerprint density at radius 1 is 1.15 bits per heavy atom. The highest BCUT2D eigenvalue weighted by Gasteiger charge is 2.19. The van der Waals surface area contributed by atoms with Crippen molar-refractivity contribution in [3.8, 4) is 0 Å².